The zero-order valence-corrected chi connectivity index (χ0v) is 19.1. The molecule has 0 aliphatic carbocycles. The Kier molecular flexibility index (Phi) is 7.97. The number of rotatable bonds is 10. The predicted octanol–water partition coefficient (Wildman–Crippen LogP) is 3.29. The Hall–Kier alpha value is -3.23. The number of imidazole rings is 1. The smallest absolute Gasteiger partial charge is 0.244 e. The summed E-state index contributed by atoms with van der Waals surface area (Å²) in [7, 11) is -3.48. The molecule has 0 saturated carbocycles. The quantitative estimate of drug-likeness (QED) is 0.479. The number of carbonyl (C=O) groups is 1. The Balaban J connectivity index is 1.52. The maximum atomic E-state index is 12.5. The van der Waals surface area contributed by atoms with E-state index in [1.807, 2.05) is 48.9 Å². The molecule has 1 amide bonds. The summed E-state index contributed by atoms with van der Waals surface area (Å²) in [6, 6.07) is 14.6. The summed E-state index contributed by atoms with van der Waals surface area (Å²) in [5, 5.41) is 2.86. The molecular weight excluding hydrogens is 424 g/mol. The second kappa shape index (κ2) is 10.9. The molecule has 2 aromatic carbocycles. The van der Waals surface area contributed by atoms with Gasteiger partial charge in [0.05, 0.1) is 11.2 Å². The first-order valence-corrected chi connectivity index (χ1v) is 12.0. The van der Waals surface area contributed by atoms with E-state index in [4.69, 9.17) is 0 Å². The van der Waals surface area contributed by atoms with E-state index in [0.29, 0.717) is 19.6 Å². The first kappa shape index (κ1) is 23.4. The van der Waals surface area contributed by atoms with Gasteiger partial charge in [0, 0.05) is 44.6 Å². The standard InChI is InChI=1S/C24H28N4O3S/c1-3-28(4-2)32(30,31)23-12-9-20(10-13-23)11-14-24(29)26-17-21-5-7-22(8-6-21)18-27-16-15-25-19-27/h5-16,19H,3-4,17-18H2,1-2H3,(H,26,29)/b14-11+. The molecule has 0 atom stereocenters. The molecule has 32 heavy (non-hydrogen) atoms. The minimum atomic E-state index is -3.48. The van der Waals surface area contributed by atoms with Crippen LogP contribution in [-0.4, -0.2) is 41.3 Å². The Bertz CT molecular complexity index is 1130. The van der Waals surface area contributed by atoms with E-state index < -0.39 is 10.0 Å². The van der Waals surface area contributed by atoms with Crippen LogP contribution in [0.1, 0.15) is 30.5 Å². The van der Waals surface area contributed by atoms with Crippen molar-refractivity contribution in [1.29, 1.82) is 0 Å². The molecule has 0 aliphatic heterocycles. The van der Waals surface area contributed by atoms with Gasteiger partial charge < -0.3 is 9.88 Å². The monoisotopic (exact) mass is 452 g/mol. The highest BCUT2D eigenvalue weighted by Gasteiger charge is 2.20. The van der Waals surface area contributed by atoms with Crippen molar-refractivity contribution in [2.45, 2.75) is 31.8 Å². The van der Waals surface area contributed by atoms with E-state index in [2.05, 4.69) is 10.3 Å². The molecule has 0 bridgehead atoms. The van der Waals surface area contributed by atoms with Gasteiger partial charge in [0.25, 0.3) is 0 Å². The van der Waals surface area contributed by atoms with E-state index in [1.54, 1.807) is 42.9 Å². The molecule has 0 fully saturated rings. The van der Waals surface area contributed by atoms with Crippen LogP contribution in [-0.2, 0) is 27.9 Å². The fraction of sp³-hybridized carbons (Fsp3) is 0.250. The fourth-order valence-corrected chi connectivity index (χ4v) is 4.70. The largest absolute Gasteiger partial charge is 0.348 e. The minimum absolute atomic E-state index is 0.215. The van der Waals surface area contributed by atoms with Gasteiger partial charge in [0.1, 0.15) is 0 Å². The van der Waals surface area contributed by atoms with Crippen molar-refractivity contribution >= 4 is 22.0 Å². The molecule has 0 radical (unpaired) electrons. The Morgan fingerprint density at radius 2 is 1.69 bits per heavy atom. The van der Waals surface area contributed by atoms with Crippen molar-refractivity contribution in [2.75, 3.05) is 13.1 Å². The highest BCUT2D eigenvalue weighted by Crippen LogP contribution is 2.16. The molecule has 168 valence electrons. The normalized spacial score (nSPS) is 11.8. The number of nitrogens with zero attached hydrogens (tertiary/aromatic N) is 3. The fourth-order valence-electron chi connectivity index (χ4n) is 3.24. The van der Waals surface area contributed by atoms with Crippen LogP contribution in [0, 0.1) is 0 Å². The Morgan fingerprint density at radius 3 is 2.28 bits per heavy atom. The molecule has 1 heterocycles. The van der Waals surface area contributed by atoms with Crippen molar-refractivity contribution in [1.82, 2.24) is 19.2 Å². The third-order valence-corrected chi connectivity index (χ3v) is 7.13. The summed E-state index contributed by atoms with van der Waals surface area (Å²) in [5.41, 5.74) is 2.92. The first-order valence-electron chi connectivity index (χ1n) is 10.5. The molecule has 0 unspecified atom stereocenters. The highest BCUT2D eigenvalue weighted by atomic mass is 32.2. The van der Waals surface area contributed by atoms with Crippen molar-refractivity contribution in [2.24, 2.45) is 0 Å². The number of hydrogen-bond acceptors (Lipinski definition) is 4. The molecule has 0 spiro atoms. The van der Waals surface area contributed by atoms with Gasteiger partial charge in [-0.25, -0.2) is 13.4 Å². The van der Waals surface area contributed by atoms with E-state index in [0.717, 1.165) is 23.2 Å². The molecule has 3 rings (SSSR count). The van der Waals surface area contributed by atoms with Crippen molar-refractivity contribution in [3.8, 4) is 0 Å². The third kappa shape index (κ3) is 6.15. The van der Waals surface area contributed by atoms with Gasteiger partial charge in [-0.1, -0.05) is 50.2 Å². The lowest BCUT2D eigenvalue weighted by molar-refractivity contribution is -0.116. The number of benzene rings is 2. The molecular formula is C24H28N4O3S. The Morgan fingerprint density at radius 1 is 1.03 bits per heavy atom. The lowest BCUT2D eigenvalue weighted by Crippen LogP contribution is -2.30. The van der Waals surface area contributed by atoms with Gasteiger partial charge in [-0.05, 0) is 34.9 Å². The van der Waals surface area contributed by atoms with Gasteiger partial charge >= 0.3 is 0 Å². The lowest BCUT2D eigenvalue weighted by Gasteiger charge is -2.18. The minimum Gasteiger partial charge on any atom is -0.348 e. The second-order valence-corrected chi connectivity index (χ2v) is 9.20. The van der Waals surface area contributed by atoms with Crippen LogP contribution in [0.15, 0.2) is 78.2 Å². The molecule has 8 heteroatoms. The zero-order chi connectivity index (χ0) is 23.0. The van der Waals surface area contributed by atoms with Gasteiger partial charge in [0.15, 0.2) is 0 Å². The van der Waals surface area contributed by atoms with Gasteiger partial charge in [-0.15, -0.1) is 0 Å². The second-order valence-electron chi connectivity index (χ2n) is 7.26. The number of nitrogens with one attached hydrogen (secondary N) is 1. The van der Waals surface area contributed by atoms with Crippen LogP contribution in [0.2, 0.25) is 0 Å². The molecule has 7 nitrogen and oxygen atoms in total. The maximum Gasteiger partial charge on any atom is 0.244 e. The molecule has 0 aliphatic rings. The first-order chi connectivity index (χ1) is 15.4. The van der Waals surface area contributed by atoms with Gasteiger partial charge in [0.2, 0.25) is 15.9 Å². The third-order valence-electron chi connectivity index (χ3n) is 5.06. The lowest BCUT2D eigenvalue weighted by atomic mass is 10.1. The topological polar surface area (TPSA) is 84.3 Å². The molecule has 0 saturated heterocycles. The summed E-state index contributed by atoms with van der Waals surface area (Å²) >= 11 is 0. The average Bonchev–Trinajstić information content (AvgIpc) is 3.31. The average molecular weight is 453 g/mol. The summed E-state index contributed by atoms with van der Waals surface area (Å²) in [6.07, 6.45) is 8.55. The number of amides is 1. The molecule has 3 aromatic rings. The van der Waals surface area contributed by atoms with Crippen molar-refractivity contribution in [3.05, 3.63) is 90.0 Å². The zero-order valence-electron chi connectivity index (χ0n) is 18.3. The molecule has 1 N–H and O–H groups in total. The van der Waals surface area contributed by atoms with E-state index >= 15 is 0 Å². The Labute approximate surface area is 189 Å². The van der Waals surface area contributed by atoms with E-state index in [-0.39, 0.29) is 10.8 Å². The number of sulfonamides is 1. The van der Waals surface area contributed by atoms with Crippen LogP contribution in [0.25, 0.3) is 6.08 Å². The maximum absolute atomic E-state index is 12.5. The summed E-state index contributed by atoms with van der Waals surface area (Å²) < 4.78 is 28.5. The van der Waals surface area contributed by atoms with Crippen LogP contribution in [0.5, 0.6) is 0 Å². The summed E-state index contributed by atoms with van der Waals surface area (Å²) in [4.78, 5) is 16.4. The number of carbonyl (C=O) groups excluding carboxylic acids is 1. The number of aromatic nitrogens is 2. The van der Waals surface area contributed by atoms with Crippen LogP contribution >= 0.6 is 0 Å². The van der Waals surface area contributed by atoms with Crippen molar-refractivity contribution in [3.63, 3.8) is 0 Å². The van der Waals surface area contributed by atoms with Crippen LogP contribution in [0.4, 0.5) is 0 Å². The van der Waals surface area contributed by atoms with Gasteiger partial charge in [-0.3, -0.25) is 4.79 Å². The highest BCUT2D eigenvalue weighted by molar-refractivity contribution is 7.89. The van der Waals surface area contributed by atoms with Gasteiger partial charge in [-0.2, -0.15) is 4.31 Å². The van der Waals surface area contributed by atoms with E-state index in [1.165, 1.54) is 10.4 Å². The summed E-state index contributed by atoms with van der Waals surface area (Å²) in [6.45, 7) is 5.65. The SMILES string of the molecule is CCN(CC)S(=O)(=O)c1ccc(/C=C/C(=O)NCc2ccc(Cn3ccnc3)cc2)cc1. The van der Waals surface area contributed by atoms with Crippen LogP contribution in [0.3, 0.4) is 0 Å². The van der Waals surface area contributed by atoms with E-state index in [9.17, 15) is 13.2 Å². The predicted molar refractivity (Wildman–Crippen MR) is 125 cm³/mol. The number of hydrogen-bond donors (Lipinski definition) is 1. The van der Waals surface area contributed by atoms with Crippen molar-refractivity contribution < 1.29 is 13.2 Å². The summed E-state index contributed by atoms with van der Waals surface area (Å²) in [5.74, 6) is -0.215. The van der Waals surface area contributed by atoms with Crippen LogP contribution < -0.4 is 5.32 Å². The molecule has 1 aromatic heterocycles.